The molecule has 0 aliphatic carbocycles. The third kappa shape index (κ3) is 5.35. The molecular weight excluding hydrogens is 364 g/mol. The van der Waals surface area contributed by atoms with Gasteiger partial charge in [0.25, 0.3) is 5.56 Å². The van der Waals surface area contributed by atoms with E-state index in [1.807, 2.05) is 30.3 Å². The van der Waals surface area contributed by atoms with Crippen molar-refractivity contribution in [1.29, 1.82) is 0 Å². The minimum atomic E-state index is -0.477. The number of hydrogen-bond donors (Lipinski definition) is 3. The first kappa shape index (κ1) is 18.5. The average molecular weight is 382 g/mol. The Kier molecular flexibility index (Phi) is 5.77. The fourth-order valence-electron chi connectivity index (χ4n) is 2.20. The quantitative estimate of drug-likeness (QED) is 0.446. The van der Waals surface area contributed by atoms with Crippen LogP contribution in [0.4, 0.5) is 11.5 Å². The molecule has 0 bridgehead atoms. The molecule has 1 heterocycles. The number of amides is 1. The van der Waals surface area contributed by atoms with Crippen molar-refractivity contribution in [2.24, 2.45) is 0 Å². The number of nitrogen functional groups attached to an aromatic ring is 1. The summed E-state index contributed by atoms with van der Waals surface area (Å²) < 4.78 is 5.72. The second kappa shape index (κ2) is 8.41. The third-order valence-corrected chi connectivity index (χ3v) is 4.48. The number of aromatic amines is 1. The summed E-state index contributed by atoms with van der Waals surface area (Å²) in [5.41, 5.74) is 5.83. The average Bonchev–Trinajstić information content (AvgIpc) is 2.63. The number of hydrogen-bond acceptors (Lipinski definition) is 6. The number of nitrogens with two attached hydrogens (primary N) is 1. The predicted octanol–water partition coefficient (Wildman–Crippen LogP) is 3.26. The van der Waals surface area contributed by atoms with Gasteiger partial charge < -0.3 is 20.8 Å². The molecule has 0 radical (unpaired) electrons. The van der Waals surface area contributed by atoms with Crippen LogP contribution in [0.2, 0.25) is 0 Å². The molecular formula is C19H18N4O3S. The molecule has 0 aliphatic rings. The predicted molar refractivity (Wildman–Crippen MR) is 106 cm³/mol. The van der Waals surface area contributed by atoms with Crippen molar-refractivity contribution in [2.45, 2.75) is 17.3 Å². The molecule has 0 spiro atoms. The molecule has 1 amide bonds. The Labute approximate surface area is 160 Å². The normalized spacial score (nSPS) is 11.6. The number of nitrogens with one attached hydrogen (secondary N) is 2. The van der Waals surface area contributed by atoms with Crippen LogP contribution < -0.4 is 21.3 Å². The number of thioether (sulfide) groups is 1. The van der Waals surface area contributed by atoms with Crippen molar-refractivity contribution in [3.8, 4) is 11.5 Å². The van der Waals surface area contributed by atoms with Gasteiger partial charge >= 0.3 is 0 Å². The molecule has 7 nitrogen and oxygen atoms in total. The lowest BCUT2D eigenvalue weighted by Gasteiger charge is -2.12. The van der Waals surface area contributed by atoms with Gasteiger partial charge in [-0.1, -0.05) is 30.0 Å². The van der Waals surface area contributed by atoms with Crippen LogP contribution in [0.15, 0.2) is 70.6 Å². The zero-order valence-electron chi connectivity index (χ0n) is 14.5. The lowest BCUT2D eigenvalue weighted by Crippen LogP contribution is -2.23. The molecule has 27 heavy (non-hydrogen) atoms. The zero-order chi connectivity index (χ0) is 19.2. The molecule has 0 unspecified atom stereocenters. The third-order valence-electron chi connectivity index (χ3n) is 3.50. The van der Waals surface area contributed by atoms with Crippen molar-refractivity contribution >= 4 is 29.2 Å². The van der Waals surface area contributed by atoms with Crippen LogP contribution in [0, 0.1) is 0 Å². The minimum Gasteiger partial charge on any atom is -0.457 e. The Morgan fingerprint density at radius 2 is 1.81 bits per heavy atom. The van der Waals surface area contributed by atoms with Gasteiger partial charge in [0.05, 0.1) is 5.25 Å². The van der Waals surface area contributed by atoms with Gasteiger partial charge in [0.2, 0.25) is 5.91 Å². The number of rotatable bonds is 6. The maximum Gasteiger partial charge on any atom is 0.253 e. The molecule has 1 atom stereocenters. The lowest BCUT2D eigenvalue weighted by atomic mass is 10.3. The van der Waals surface area contributed by atoms with Crippen molar-refractivity contribution in [3.05, 3.63) is 71.0 Å². The molecule has 2 aromatic carbocycles. The molecule has 3 aromatic rings. The molecule has 138 valence electrons. The number of ether oxygens (including phenoxy) is 1. The number of anilines is 2. The second-order valence-electron chi connectivity index (χ2n) is 5.66. The standard InChI is InChI=1S/C19H18N4O3S/c1-12(27-19-22-16(20)11-17(24)23-19)18(25)21-13-7-9-15(10-8-13)26-14-5-3-2-4-6-14/h2-12H,1H3,(H,21,25)(H3,20,22,23,24)/t12-/m0/s1. The molecule has 0 aliphatic heterocycles. The van der Waals surface area contributed by atoms with E-state index >= 15 is 0 Å². The van der Waals surface area contributed by atoms with Crippen LogP contribution in [0.3, 0.4) is 0 Å². The van der Waals surface area contributed by atoms with E-state index in [0.29, 0.717) is 16.6 Å². The number of para-hydroxylation sites is 1. The lowest BCUT2D eigenvalue weighted by molar-refractivity contribution is -0.115. The Morgan fingerprint density at radius 3 is 2.48 bits per heavy atom. The zero-order valence-corrected chi connectivity index (χ0v) is 15.3. The van der Waals surface area contributed by atoms with Gasteiger partial charge in [0.15, 0.2) is 5.16 Å². The Balaban J connectivity index is 1.59. The van der Waals surface area contributed by atoms with E-state index in [2.05, 4.69) is 15.3 Å². The first-order valence-electron chi connectivity index (χ1n) is 8.17. The van der Waals surface area contributed by atoms with Gasteiger partial charge in [0.1, 0.15) is 17.3 Å². The number of carbonyl (C=O) groups is 1. The number of nitrogens with zero attached hydrogens (tertiary/aromatic N) is 1. The minimum absolute atomic E-state index is 0.114. The highest BCUT2D eigenvalue weighted by atomic mass is 32.2. The Bertz CT molecular complexity index is 974. The van der Waals surface area contributed by atoms with Crippen LogP contribution in [0.25, 0.3) is 0 Å². The summed E-state index contributed by atoms with van der Waals surface area (Å²) >= 11 is 1.12. The first-order valence-corrected chi connectivity index (χ1v) is 9.05. The fourth-order valence-corrected chi connectivity index (χ4v) is 3.02. The van der Waals surface area contributed by atoms with Crippen LogP contribution in [0.5, 0.6) is 11.5 Å². The van der Waals surface area contributed by atoms with E-state index in [-0.39, 0.29) is 17.3 Å². The van der Waals surface area contributed by atoms with Crippen LogP contribution >= 0.6 is 11.8 Å². The highest BCUT2D eigenvalue weighted by Crippen LogP contribution is 2.24. The van der Waals surface area contributed by atoms with Crippen molar-refractivity contribution in [1.82, 2.24) is 9.97 Å². The van der Waals surface area contributed by atoms with Gasteiger partial charge in [0, 0.05) is 11.8 Å². The SMILES string of the molecule is C[C@H](Sc1nc(N)cc(=O)[nH]1)C(=O)Nc1ccc(Oc2ccccc2)cc1. The molecule has 8 heteroatoms. The highest BCUT2D eigenvalue weighted by molar-refractivity contribution is 8.00. The monoisotopic (exact) mass is 382 g/mol. The maximum absolute atomic E-state index is 12.3. The summed E-state index contributed by atoms with van der Waals surface area (Å²) in [5.74, 6) is 1.30. The van der Waals surface area contributed by atoms with E-state index in [1.165, 1.54) is 6.07 Å². The number of aromatic nitrogens is 2. The van der Waals surface area contributed by atoms with E-state index in [1.54, 1.807) is 31.2 Å². The largest absolute Gasteiger partial charge is 0.457 e. The first-order chi connectivity index (χ1) is 13.0. The van der Waals surface area contributed by atoms with Crippen LogP contribution in [0.1, 0.15) is 6.92 Å². The van der Waals surface area contributed by atoms with E-state index in [4.69, 9.17) is 10.5 Å². The molecule has 1 aromatic heterocycles. The smallest absolute Gasteiger partial charge is 0.253 e. The summed E-state index contributed by atoms with van der Waals surface area (Å²) in [4.78, 5) is 30.3. The van der Waals surface area contributed by atoms with Crippen LogP contribution in [-0.4, -0.2) is 21.1 Å². The summed E-state index contributed by atoms with van der Waals surface area (Å²) in [6.07, 6.45) is 0. The van der Waals surface area contributed by atoms with Gasteiger partial charge in [-0.05, 0) is 43.3 Å². The number of carbonyl (C=O) groups excluding carboxylic acids is 1. The van der Waals surface area contributed by atoms with E-state index < -0.39 is 5.25 Å². The van der Waals surface area contributed by atoms with Crippen LogP contribution in [-0.2, 0) is 4.79 Å². The summed E-state index contributed by atoms with van der Waals surface area (Å²) in [6.45, 7) is 1.72. The van der Waals surface area contributed by atoms with E-state index in [9.17, 15) is 9.59 Å². The Morgan fingerprint density at radius 1 is 1.15 bits per heavy atom. The summed E-state index contributed by atoms with van der Waals surface area (Å²) in [5, 5.41) is 2.64. The second-order valence-corrected chi connectivity index (χ2v) is 6.99. The molecule has 3 rings (SSSR count). The van der Waals surface area contributed by atoms with Crippen molar-refractivity contribution in [2.75, 3.05) is 11.1 Å². The van der Waals surface area contributed by atoms with Gasteiger partial charge in [-0.2, -0.15) is 0 Å². The Hall–Kier alpha value is -3.26. The number of benzene rings is 2. The van der Waals surface area contributed by atoms with Crippen molar-refractivity contribution in [3.63, 3.8) is 0 Å². The van der Waals surface area contributed by atoms with E-state index in [0.717, 1.165) is 17.5 Å². The molecule has 0 fully saturated rings. The molecule has 0 saturated carbocycles. The van der Waals surface area contributed by atoms with Gasteiger partial charge in [-0.3, -0.25) is 9.59 Å². The maximum atomic E-state index is 12.3. The highest BCUT2D eigenvalue weighted by Gasteiger charge is 2.16. The number of H-pyrrole nitrogens is 1. The van der Waals surface area contributed by atoms with Gasteiger partial charge in [-0.25, -0.2) is 4.98 Å². The molecule has 0 saturated heterocycles. The summed E-state index contributed by atoms with van der Waals surface area (Å²) in [6, 6.07) is 17.7. The van der Waals surface area contributed by atoms with Gasteiger partial charge in [-0.15, -0.1) is 0 Å². The topological polar surface area (TPSA) is 110 Å². The fraction of sp³-hybridized carbons (Fsp3) is 0.105. The summed E-state index contributed by atoms with van der Waals surface area (Å²) in [7, 11) is 0. The molecule has 4 N–H and O–H groups in total. The van der Waals surface area contributed by atoms with Crippen molar-refractivity contribution < 1.29 is 9.53 Å².